The number of rotatable bonds is 6. The molecule has 0 aliphatic heterocycles. The van der Waals surface area contributed by atoms with Crippen molar-refractivity contribution < 1.29 is 4.21 Å². The van der Waals surface area contributed by atoms with E-state index in [0.717, 1.165) is 16.6 Å². The molecule has 0 heterocycles. The van der Waals surface area contributed by atoms with Gasteiger partial charge in [-0.25, -0.2) is 0 Å². The Labute approximate surface area is 115 Å². The third-order valence-corrected chi connectivity index (χ3v) is 4.28. The second kappa shape index (κ2) is 7.29. The van der Waals surface area contributed by atoms with Crippen molar-refractivity contribution in [3.63, 3.8) is 0 Å². The fourth-order valence-electron chi connectivity index (χ4n) is 1.77. The van der Waals surface area contributed by atoms with Crippen molar-refractivity contribution in [3.8, 4) is 0 Å². The Morgan fingerprint density at radius 1 is 1.35 bits per heavy atom. The van der Waals surface area contributed by atoms with Crippen LogP contribution >= 0.6 is 15.9 Å². The van der Waals surface area contributed by atoms with Gasteiger partial charge in [0.1, 0.15) is 0 Å². The van der Waals surface area contributed by atoms with Crippen molar-refractivity contribution in [2.24, 2.45) is 0 Å². The molecule has 2 nitrogen and oxygen atoms in total. The third-order valence-electron chi connectivity index (χ3n) is 2.74. The first-order chi connectivity index (χ1) is 8.00. The molecule has 0 aromatic heterocycles. The highest BCUT2D eigenvalue weighted by Gasteiger charge is 2.11. The largest absolute Gasteiger partial charge is 0.308 e. The molecule has 1 rings (SSSR count). The molecule has 1 aromatic rings. The first-order valence-corrected chi connectivity index (χ1v) is 8.33. The standard InChI is InChI=1S/C13H20BrNOS/c1-10(8-9-17(3)16)15-11(2)12-6-4-5-7-13(12)14/h4-7,10-11,15H,8-9H2,1-3H3. The molecule has 1 N–H and O–H groups in total. The summed E-state index contributed by atoms with van der Waals surface area (Å²) in [5.41, 5.74) is 1.26. The van der Waals surface area contributed by atoms with Crippen molar-refractivity contribution >= 4 is 26.7 Å². The molecule has 0 spiro atoms. The summed E-state index contributed by atoms with van der Waals surface area (Å²) in [7, 11) is -0.699. The Kier molecular flexibility index (Phi) is 6.38. The minimum atomic E-state index is -0.699. The Bertz CT molecular complexity index is 383. The summed E-state index contributed by atoms with van der Waals surface area (Å²) in [5.74, 6) is 0.761. The van der Waals surface area contributed by atoms with Gasteiger partial charge in [-0.15, -0.1) is 0 Å². The average Bonchev–Trinajstić information content (AvgIpc) is 2.26. The van der Waals surface area contributed by atoms with Gasteiger partial charge < -0.3 is 5.32 Å². The molecular formula is C13H20BrNOS. The second-order valence-corrected chi connectivity index (χ2v) is 6.79. The van der Waals surface area contributed by atoms with Crippen LogP contribution < -0.4 is 5.32 Å². The van der Waals surface area contributed by atoms with Crippen LogP contribution in [0.4, 0.5) is 0 Å². The zero-order chi connectivity index (χ0) is 12.8. The highest BCUT2D eigenvalue weighted by molar-refractivity contribution is 9.10. The van der Waals surface area contributed by atoms with Gasteiger partial charge in [0.05, 0.1) is 0 Å². The third kappa shape index (κ3) is 5.32. The minimum Gasteiger partial charge on any atom is -0.308 e. The normalized spacial score (nSPS) is 16.5. The van der Waals surface area contributed by atoms with E-state index in [9.17, 15) is 4.21 Å². The van der Waals surface area contributed by atoms with Gasteiger partial charge in [-0.05, 0) is 31.9 Å². The molecule has 0 radical (unpaired) electrons. The summed E-state index contributed by atoms with van der Waals surface area (Å²) < 4.78 is 12.2. The van der Waals surface area contributed by atoms with Crippen LogP contribution in [-0.2, 0) is 10.8 Å². The first-order valence-electron chi connectivity index (χ1n) is 5.81. The fourth-order valence-corrected chi connectivity index (χ4v) is 3.08. The summed E-state index contributed by atoms with van der Waals surface area (Å²) in [6.45, 7) is 4.29. The SMILES string of the molecule is CC(CCS(C)=O)NC(C)c1ccccc1Br. The molecule has 0 bridgehead atoms. The van der Waals surface area contributed by atoms with E-state index in [1.54, 1.807) is 6.26 Å². The predicted molar refractivity (Wildman–Crippen MR) is 78.7 cm³/mol. The molecule has 96 valence electrons. The predicted octanol–water partition coefficient (Wildman–Crippen LogP) is 3.26. The number of halogens is 1. The van der Waals surface area contributed by atoms with Crippen molar-refractivity contribution in [2.45, 2.75) is 32.4 Å². The van der Waals surface area contributed by atoms with Gasteiger partial charge in [0, 0.05) is 39.4 Å². The van der Waals surface area contributed by atoms with Crippen LogP contribution in [0.1, 0.15) is 31.9 Å². The molecule has 4 heteroatoms. The van der Waals surface area contributed by atoms with Crippen molar-refractivity contribution in [1.29, 1.82) is 0 Å². The van der Waals surface area contributed by atoms with E-state index >= 15 is 0 Å². The molecule has 3 unspecified atom stereocenters. The van der Waals surface area contributed by atoms with Crippen molar-refractivity contribution in [3.05, 3.63) is 34.3 Å². The van der Waals surface area contributed by atoms with E-state index in [1.165, 1.54) is 5.56 Å². The van der Waals surface area contributed by atoms with E-state index in [2.05, 4.69) is 47.2 Å². The van der Waals surface area contributed by atoms with E-state index in [4.69, 9.17) is 0 Å². The summed E-state index contributed by atoms with van der Waals surface area (Å²) in [5, 5.41) is 3.53. The summed E-state index contributed by atoms with van der Waals surface area (Å²) in [4.78, 5) is 0. The Morgan fingerprint density at radius 3 is 2.59 bits per heavy atom. The molecule has 0 saturated carbocycles. The van der Waals surface area contributed by atoms with E-state index in [1.807, 2.05) is 12.1 Å². The average molecular weight is 318 g/mol. The lowest BCUT2D eigenvalue weighted by Gasteiger charge is -2.21. The number of hydrogen-bond donors (Lipinski definition) is 1. The number of hydrogen-bond acceptors (Lipinski definition) is 2. The molecule has 1 aromatic carbocycles. The summed E-state index contributed by atoms with van der Waals surface area (Å²) in [6, 6.07) is 8.91. The van der Waals surface area contributed by atoms with Gasteiger partial charge >= 0.3 is 0 Å². The molecular weight excluding hydrogens is 298 g/mol. The monoisotopic (exact) mass is 317 g/mol. The van der Waals surface area contributed by atoms with Gasteiger partial charge in [-0.2, -0.15) is 0 Å². The topological polar surface area (TPSA) is 29.1 Å². The Morgan fingerprint density at radius 2 is 2.00 bits per heavy atom. The first kappa shape index (κ1) is 14.9. The molecule has 3 atom stereocenters. The lowest BCUT2D eigenvalue weighted by atomic mass is 10.1. The van der Waals surface area contributed by atoms with Gasteiger partial charge in [-0.3, -0.25) is 4.21 Å². The van der Waals surface area contributed by atoms with E-state index < -0.39 is 10.8 Å². The summed E-state index contributed by atoms with van der Waals surface area (Å²) >= 11 is 3.56. The van der Waals surface area contributed by atoms with Crippen molar-refractivity contribution in [2.75, 3.05) is 12.0 Å². The molecule has 0 aliphatic carbocycles. The zero-order valence-corrected chi connectivity index (χ0v) is 13.0. The maximum atomic E-state index is 11.0. The zero-order valence-electron chi connectivity index (χ0n) is 10.6. The van der Waals surface area contributed by atoms with Crippen molar-refractivity contribution in [1.82, 2.24) is 5.32 Å². The second-order valence-electron chi connectivity index (χ2n) is 4.38. The highest BCUT2D eigenvalue weighted by Crippen LogP contribution is 2.23. The Hall–Kier alpha value is -0.190. The maximum Gasteiger partial charge on any atom is 0.0305 e. The van der Waals surface area contributed by atoms with E-state index in [-0.39, 0.29) is 0 Å². The van der Waals surface area contributed by atoms with Crippen LogP contribution in [0.2, 0.25) is 0 Å². The van der Waals surface area contributed by atoms with Gasteiger partial charge in [0.25, 0.3) is 0 Å². The lowest BCUT2D eigenvalue weighted by Crippen LogP contribution is -2.30. The van der Waals surface area contributed by atoms with Crippen LogP contribution in [0, 0.1) is 0 Å². The van der Waals surface area contributed by atoms with Crippen LogP contribution in [0.5, 0.6) is 0 Å². The Balaban J connectivity index is 2.51. The van der Waals surface area contributed by atoms with Gasteiger partial charge in [0.2, 0.25) is 0 Å². The van der Waals surface area contributed by atoms with Gasteiger partial charge in [0.15, 0.2) is 0 Å². The molecule has 0 saturated heterocycles. The number of nitrogens with one attached hydrogen (secondary N) is 1. The lowest BCUT2D eigenvalue weighted by molar-refractivity contribution is 0.469. The van der Waals surface area contributed by atoms with Crippen LogP contribution in [-0.4, -0.2) is 22.3 Å². The highest BCUT2D eigenvalue weighted by atomic mass is 79.9. The van der Waals surface area contributed by atoms with Crippen LogP contribution in [0.3, 0.4) is 0 Å². The van der Waals surface area contributed by atoms with Crippen LogP contribution in [0.15, 0.2) is 28.7 Å². The summed E-state index contributed by atoms with van der Waals surface area (Å²) in [6.07, 6.45) is 2.70. The fraction of sp³-hybridized carbons (Fsp3) is 0.538. The molecule has 0 aliphatic rings. The van der Waals surface area contributed by atoms with Crippen LogP contribution in [0.25, 0.3) is 0 Å². The van der Waals surface area contributed by atoms with Gasteiger partial charge in [-0.1, -0.05) is 34.1 Å². The van der Waals surface area contributed by atoms with E-state index in [0.29, 0.717) is 12.1 Å². The smallest absolute Gasteiger partial charge is 0.0305 e. The molecule has 0 fully saturated rings. The minimum absolute atomic E-state index is 0.297. The quantitative estimate of drug-likeness (QED) is 0.872. The molecule has 0 amide bonds. The number of benzene rings is 1. The maximum absolute atomic E-state index is 11.0. The molecule has 17 heavy (non-hydrogen) atoms.